The van der Waals surface area contributed by atoms with Crippen LogP contribution in [0.4, 0.5) is 4.39 Å². The van der Waals surface area contributed by atoms with Gasteiger partial charge in [0.05, 0.1) is 7.11 Å². The topological polar surface area (TPSA) is 48.6 Å². The fourth-order valence-corrected chi connectivity index (χ4v) is 3.96. The molecule has 0 spiro atoms. The quantitative estimate of drug-likeness (QED) is 0.694. The summed E-state index contributed by atoms with van der Waals surface area (Å²) in [6.07, 6.45) is 3.27. The number of carbonyl (C=O) groups excluding carboxylic acids is 1. The van der Waals surface area contributed by atoms with Crippen molar-refractivity contribution >= 4 is 16.8 Å². The van der Waals surface area contributed by atoms with Crippen LogP contribution in [0.5, 0.6) is 5.75 Å². The Labute approximate surface area is 170 Å². The highest BCUT2D eigenvalue weighted by Gasteiger charge is 2.21. The lowest BCUT2D eigenvalue weighted by molar-refractivity contribution is -0.132. The zero-order valence-corrected chi connectivity index (χ0v) is 16.7. The van der Waals surface area contributed by atoms with E-state index in [1.807, 2.05) is 29.3 Å². The molecular weight excluding hydrogens is 369 g/mol. The van der Waals surface area contributed by atoms with Crippen LogP contribution in [0, 0.1) is 5.82 Å². The van der Waals surface area contributed by atoms with Crippen LogP contribution in [0.2, 0.25) is 0 Å². The number of H-pyrrole nitrogens is 1. The average molecular weight is 395 g/mol. The third-order valence-electron chi connectivity index (χ3n) is 5.63. The molecule has 2 aromatic carbocycles. The Balaban J connectivity index is 1.27. The predicted octanol–water partition coefficient (Wildman–Crippen LogP) is 3.59. The van der Waals surface area contributed by atoms with E-state index in [1.165, 1.54) is 24.1 Å². The largest absolute Gasteiger partial charge is 0.494 e. The summed E-state index contributed by atoms with van der Waals surface area (Å²) >= 11 is 0. The summed E-state index contributed by atoms with van der Waals surface area (Å²) < 4.78 is 18.8. The first-order valence-electron chi connectivity index (χ1n) is 10.0. The lowest BCUT2D eigenvalue weighted by atomic mass is 10.1. The van der Waals surface area contributed by atoms with E-state index in [-0.39, 0.29) is 17.5 Å². The van der Waals surface area contributed by atoms with Crippen molar-refractivity contribution in [2.24, 2.45) is 0 Å². The third-order valence-corrected chi connectivity index (χ3v) is 5.63. The molecule has 1 aliphatic rings. The van der Waals surface area contributed by atoms with Gasteiger partial charge >= 0.3 is 0 Å². The van der Waals surface area contributed by atoms with Crippen LogP contribution < -0.4 is 4.74 Å². The van der Waals surface area contributed by atoms with Crippen molar-refractivity contribution in [2.45, 2.75) is 19.4 Å². The highest BCUT2D eigenvalue weighted by atomic mass is 19.1. The number of halogens is 1. The third kappa shape index (κ3) is 4.43. The molecule has 1 saturated heterocycles. The standard InChI is InChI=1S/C23H26FN3O2/c1-29-22-8-6-17(14-20(22)24)16-26-10-12-27(13-11-26)23(28)9-7-18-15-25-21-5-3-2-4-19(18)21/h2-6,8,14-15,25H,7,9-13,16H2,1H3. The minimum absolute atomic E-state index is 0.199. The first-order valence-corrected chi connectivity index (χ1v) is 10.0. The molecule has 5 nitrogen and oxygen atoms in total. The smallest absolute Gasteiger partial charge is 0.222 e. The summed E-state index contributed by atoms with van der Waals surface area (Å²) in [5.74, 6) is 0.126. The van der Waals surface area contributed by atoms with Gasteiger partial charge in [-0.15, -0.1) is 0 Å². The molecule has 0 saturated carbocycles. The summed E-state index contributed by atoms with van der Waals surface area (Å²) in [4.78, 5) is 20.1. The van der Waals surface area contributed by atoms with Gasteiger partial charge in [-0.2, -0.15) is 0 Å². The highest BCUT2D eigenvalue weighted by Crippen LogP contribution is 2.21. The Morgan fingerprint density at radius 2 is 1.93 bits per heavy atom. The van der Waals surface area contributed by atoms with Crippen LogP contribution in [0.25, 0.3) is 10.9 Å². The zero-order chi connectivity index (χ0) is 20.2. The number of aromatic amines is 1. The highest BCUT2D eigenvalue weighted by molar-refractivity contribution is 5.84. The Hall–Kier alpha value is -2.86. The van der Waals surface area contributed by atoms with Crippen molar-refractivity contribution in [1.29, 1.82) is 0 Å². The van der Waals surface area contributed by atoms with Crippen molar-refractivity contribution in [3.63, 3.8) is 0 Å². The van der Waals surface area contributed by atoms with Gasteiger partial charge in [-0.3, -0.25) is 9.69 Å². The van der Waals surface area contributed by atoms with Crippen LogP contribution in [0.1, 0.15) is 17.5 Å². The van der Waals surface area contributed by atoms with E-state index in [2.05, 4.69) is 22.0 Å². The Morgan fingerprint density at radius 3 is 2.69 bits per heavy atom. The number of piperazine rings is 1. The number of benzene rings is 2. The zero-order valence-electron chi connectivity index (χ0n) is 16.7. The van der Waals surface area contributed by atoms with Gasteiger partial charge in [0.2, 0.25) is 5.91 Å². The van der Waals surface area contributed by atoms with E-state index in [0.717, 1.165) is 30.6 Å². The molecule has 1 amide bonds. The first kappa shape index (κ1) is 19.5. The van der Waals surface area contributed by atoms with E-state index < -0.39 is 0 Å². The Kier molecular flexibility index (Phi) is 5.81. The second-order valence-corrected chi connectivity index (χ2v) is 7.49. The molecule has 1 fully saturated rings. The van der Waals surface area contributed by atoms with Crippen LogP contribution >= 0.6 is 0 Å². The van der Waals surface area contributed by atoms with Gasteiger partial charge < -0.3 is 14.6 Å². The summed E-state index contributed by atoms with van der Waals surface area (Å²) in [5.41, 5.74) is 3.22. The van der Waals surface area contributed by atoms with Crippen LogP contribution in [0.15, 0.2) is 48.7 Å². The number of fused-ring (bicyclic) bond motifs is 1. The molecule has 0 unspecified atom stereocenters. The monoisotopic (exact) mass is 395 g/mol. The SMILES string of the molecule is COc1ccc(CN2CCN(C(=O)CCc3c[nH]c4ccccc34)CC2)cc1F. The molecule has 6 heteroatoms. The van der Waals surface area contributed by atoms with Crippen LogP contribution in [-0.2, 0) is 17.8 Å². The number of amides is 1. The van der Waals surface area contributed by atoms with Crippen LogP contribution in [0.3, 0.4) is 0 Å². The first-order chi connectivity index (χ1) is 14.1. The summed E-state index contributed by atoms with van der Waals surface area (Å²) in [5, 5.41) is 1.19. The fraction of sp³-hybridized carbons (Fsp3) is 0.348. The number of aryl methyl sites for hydroxylation is 1. The lowest BCUT2D eigenvalue weighted by Gasteiger charge is -2.34. The van der Waals surface area contributed by atoms with Crippen molar-refractivity contribution in [2.75, 3.05) is 33.3 Å². The molecule has 4 rings (SSSR count). The second-order valence-electron chi connectivity index (χ2n) is 7.49. The van der Waals surface area contributed by atoms with Crippen molar-refractivity contribution in [3.05, 3.63) is 65.6 Å². The summed E-state index contributed by atoms with van der Waals surface area (Å²) in [6.45, 7) is 3.70. The van der Waals surface area contributed by atoms with E-state index in [0.29, 0.717) is 26.1 Å². The maximum absolute atomic E-state index is 13.9. The maximum Gasteiger partial charge on any atom is 0.222 e. The lowest BCUT2D eigenvalue weighted by Crippen LogP contribution is -2.48. The fourth-order valence-electron chi connectivity index (χ4n) is 3.96. The molecule has 2 heterocycles. The number of nitrogens with one attached hydrogen (secondary N) is 1. The minimum Gasteiger partial charge on any atom is -0.494 e. The maximum atomic E-state index is 13.9. The van der Waals surface area contributed by atoms with Crippen molar-refractivity contribution < 1.29 is 13.9 Å². The number of ether oxygens (including phenoxy) is 1. The average Bonchev–Trinajstić information content (AvgIpc) is 3.16. The van der Waals surface area contributed by atoms with E-state index in [9.17, 15) is 9.18 Å². The molecular formula is C23H26FN3O2. The Bertz CT molecular complexity index is 993. The molecule has 3 aromatic rings. The predicted molar refractivity (Wildman–Crippen MR) is 111 cm³/mol. The molecule has 0 bridgehead atoms. The van der Waals surface area contributed by atoms with Crippen molar-refractivity contribution in [3.8, 4) is 5.75 Å². The van der Waals surface area contributed by atoms with Gasteiger partial charge in [0.1, 0.15) is 0 Å². The molecule has 1 aromatic heterocycles. The van der Waals surface area contributed by atoms with Gasteiger partial charge in [0.25, 0.3) is 0 Å². The minimum atomic E-state index is -0.337. The molecule has 0 atom stereocenters. The van der Waals surface area contributed by atoms with E-state index in [4.69, 9.17) is 4.74 Å². The number of carbonyl (C=O) groups is 1. The van der Waals surface area contributed by atoms with E-state index >= 15 is 0 Å². The number of hydrogen-bond donors (Lipinski definition) is 1. The van der Waals surface area contributed by atoms with Gasteiger partial charge in [-0.05, 0) is 35.7 Å². The van der Waals surface area contributed by atoms with Gasteiger partial charge in [-0.1, -0.05) is 24.3 Å². The molecule has 29 heavy (non-hydrogen) atoms. The van der Waals surface area contributed by atoms with Gasteiger partial charge in [0.15, 0.2) is 11.6 Å². The molecule has 0 radical (unpaired) electrons. The van der Waals surface area contributed by atoms with Gasteiger partial charge in [0, 0.05) is 56.2 Å². The number of rotatable bonds is 6. The number of aromatic nitrogens is 1. The molecule has 0 aliphatic carbocycles. The Morgan fingerprint density at radius 1 is 1.14 bits per heavy atom. The number of hydrogen-bond acceptors (Lipinski definition) is 3. The van der Waals surface area contributed by atoms with E-state index in [1.54, 1.807) is 6.07 Å². The van der Waals surface area contributed by atoms with Crippen molar-refractivity contribution in [1.82, 2.24) is 14.8 Å². The molecule has 1 N–H and O–H groups in total. The number of nitrogens with zero attached hydrogens (tertiary/aromatic N) is 2. The van der Waals surface area contributed by atoms with Gasteiger partial charge in [-0.25, -0.2) is 4.39 Å². The summed E-state index contributed by atoms with van der Waals surface area (Å²) in [6, 6.07) is 13.2. The molecule has 152 valence electrons. The number of para-hydroxylation sites is 1. The number of methoxy groups -OCH3 is 1. The van der Waals surface area contributed by atoms with Crippen LogP contribution in [-0.4, -0.2) is 54.0 Å². The molecule has 1 aliphatic heterocycles. The second kappa shape index (κ2) is 8.66. The summed E-state index contributed by atoms with van der Waals surface area (Å²) in [7, 11) is 1.47. The normalized spacial score (nSPS) is 15.0.